The molecule has 1 aromatic heterocycles. The number of carbonyl (C=O) groups excluding carboxylic acids is 2. The number of benzene rings is 3. The van der Waals surface area contributed by atoms with Crippen LogP contribution in [-0.2, 0) is 11.2 Å². The van der Waals surface area contributed by atoms with Gasteiger partial charge in [0.1, 0.15) is 11.1 Å². The van der Waals surface area contributed by atoms with E-state index in [0.717, 1.165) is 28.0 Å². The Kier molecular flexibility index (Phi) is 8.78. The van der Waals surface area contributed by atoms with Crippen LogP contribution >= 0.6 is 11.3 Å². The summed E-state index contributed by atoms with van der Waals surface area (Å²) in [5.41, 5.74) is 5.83. The number of hydrazone groups is 1. The minimum absolute atomic E-state index is 0.0249. The molecule has 2 amide bonds. The number of nitrogens with zero attached hydrogens (tertiary/aromatic N) is 3. The molecule has 0 saturated heterocycles. The molecule has 0 radical (unpaired) electrons. The Morgan fingerprint density at radius 3 is 2.53 bits per heavy atom. The second-order valence-corrected chi connectivity index (χ2v) is 9.43. The van der Waals surface area contributed by atoms with Crippen LogP contribution in [0.1, 0.15) is 45.1 Å². The normalized spacial score (nSPS) is 11.7. The van der Waals surface area contributed by atoms with Crippen LogP contribution in [0.4, 0.5) is 5.13 Å². The Balaban J connectivity index is 1.29. The average molecular weight is 530 g/mol. The number of hydrogen-bond donors (Lipinski definition) is 2. The van der Waals surface area contributed by atoms with Crippen molar-refractivity contribution in [3.8, 4) is 11.5 Å². The first-order chi connectivity index (χ1) is 18.4. The summed E-state index contributed by atoms with van der Waals surface area (Å²) in [6.45, 7) is 3.92. The van der Waals surface area contributed by atoms with Gasteiger partial charge in [-0.3, -0.25) is 14.9 Å². The molecule has 38 heavy (non-hydrogen) atoms. The van der Waals surface area contributed by atoms with E-state index in [0.29, 0.717) is 27.2 Å². The molecule has 0 unspecified atom stereocenters. The van der Waals surface area contributed by atoms with Gasteiger partial charge < -0.3 is 9.47 Å². The first kappa shape index (κ1) is 26.5. The van der Waals surface area contributed by atoms with Crippen molar-refractivity contribution < 1.29 is 19.1 Å². The van der Waals surface area contributed by atoms with Gasteiger partial charge in [-0.2, -0.15) is 5.10 Å². The molecule has 4 rings (SSSR count). The number of amides is 2. The van der Waals surface area contributed by atoms with Crippen molar-refractivity contribution >= 4 is 34.5 Å². The van der Waals surface area contributed by atoms with Crippen LogP contribution in [-0.4, -0.2) is 35.3 Å². The van der Waals surface area contributed by atoms with E-state index in [9.17, 15) is 9.59 Å². The van der Waals surface area contributed by atoms with Gasteiger partial charge in [-0.15, -0.1) is 10.2 Å². The highest BCUT2D eigenvalue weighted by Gasteiger charge is 2.13. The molecular formula is C28H27N5O4S. The van der Waals surface area contributed by atoms with E-state index >= 15 is 0 Å². The molecule has 1 atom stereocenters. The van der Waals surface area contributed by atoms with Crippen molar-refractivity contribution in [3.05, 3.63) is 100 Å². The van der Waals surface area contributed by atoms with Crippen LogP contribution in [0.5, 0.6) is 11.5 Å². The molecule has 9 nitrogen and oxygen atoms in total. The fourth-order valence-corrected chi connectivity index (χ4v) is 4.18. The Labute approximate surface area is 224 Å². The molecule has 3 aromatic carbocycles. The van der Waals surface area contributed by atoms with E-state index in [4.69, 9.17) is 9.47 Å². The third kappa shape index (κ3) is 7.23. The van der Waals surface area contributed by atoms with Crippen molar-refractivity contribution in [1.82, 2.24) is 15.6 Å². The lowest BCUT2D eigenvalue weighted by Gasteiger charge is -2.17. The van der Waals surface area contributed by atoms with E-state index in [2.05, 4.69) is 26.0 Å². The fraction of sp³-hybridized carbons (Fsp3) is 0.179. The van der Waals surface area contributed by atoms with E-state index in [1.807, 2.05) is 62.4 Å². The topological polar surface area (TPSA) is 115 Å². The lowest BCUT2D eigenvalue weighted by Crippen LogP contribution is -2.19. The summed E-state index contributed by atoms with van der Waals surface area (Å²) < 4.78 is 11.5. The average Bonchev–Trinajstić information content (AvgIpc) is 3.36. The number of ether oxygens (including phenoxy) is 2. The van der Waals surface area contributed by atoms with Gasteiger partial charge in [0.25, 0.3) is 5.91 Å². The summed E-state index contributed by atoms with van der Waals surface area (Å²) in [5.74, 6) is 0.504. The number of carbonyl (C=O) groups is 2. The zero-order valence-corrected chi connectivity index (χ0v) is 22.0. The van der Waals surface area contributed by atoms with Gasteiger partial charge in [-0.25, -0.2) is 5.43 Å². The van der Waals surface area contributed by atoms with E-state index in [-0.39, 0.29) is 24.3 Å². The largest absolute Gasteiger partial charge is 0.493 e. The lowest BCUT2D eigenvalue weighted by atomic mass is 10.1. The second-order valence-electron chi connectivity index (χ2n) is 8.37. The minimum atomic E-state index is -0.364. The monoisotopic (exact) mass is 529 g/mol. The van der Waals surface area contributed by atoms with Gasteiger partial charge in [0.15, 0.2) is 11.5 Å². The maximum Gasteiger partial charge on any atom is 0.257 e. The molecule has 0 aliphatic carbocycles. The highest BCUT2D eigenvalue weighted by Crippen LogP contribution is 2.31. The molecule has 0 aliphatic heterocycles. The summed E-state index contributed by atoms with van der Waals surface area (Å²) in [7, 11) is 1.57. The van der Waals surface area contributed by atoms with Gasteiger partial charge in [0.2, 0.25) is 11.0 Å². The Bertz CT molecular complexity index is 1420. The van der Waals surface area contributed by atoms with Crippen molar-refractivity contribution in [2.24, 2.45) is 5.10 Å². The highest BCUT2D eigenvalue weighted by molar-refractivity contribution is 7.15. The molecule has 2 N–H and O–H groups in total. The van der Waals surface area contributed by atoms with Crippen LogP contribution in [0, 0.1) is 6.92 Å². The Morgan fingerprint density at radius 1 is 1.03 bits per heavy atom. The maximum atomic E-state index is 12.3. The number of nitrogens with one attached hydrogen (secondary N) is 2. The van der Waals surface area contributed by atoms with Crippen molar-refractivity contribution in [2.45, 2.75) is 26.4 Å². The first-order valence-electron chi connectivity index (χ1n) is 11.8. The Morgan fingerprint density at radius 2 is 1.79 bits per heavy atom. The minimum Gasteiger partial charge on any atom is -0.493 e. The van der Waals surface area contributed by atoms with Gasteiger partial charge in [-0.05, 0) is 55.3 Å². The van der Waals surface area contributed by atoms with Crippen LogP contribution in [0.25, 0.3) is 0 Å². The lowest BCUT2D eigenvalue weighted by molar-refractivity contribution is -0.120. The third-order valence-corrected chi connectivity index (χ3v) is 6.31. The number of anilines is 1. The molecular weight excluding hydrogens is 502 g/mol. The summed E-state index contributed by atoms with van der Waals surface area (Å²) in [6, 6.07) is 22.5. The summed E-state index contributed by atoms with van der Waals surface area (Å²) >= 11 is 1.13. The van der Waals surface area contributed by atoms with Crippen LogP contribution < -0.4 is 20.2 Å². The van der Waals surface area contributed by atoms with Crippen molar-refractivity contribution in [2.75, 3.05) is 12.4 Å². The Hall–Kier alpha value is -4.57. The number of rotatable bonds is 10. The van der Waals surface area contributed by atoms with Crippen LogP contribution in [0.2, 0.25) is 0 Å². The number of aryl methyl sites for hydroxylation is 1. The number of aromatic nitrogens is 2. The number of methoxy groups -OCH3 is 1. The SMILES string of the molecule is COc1cc(/C=N\NC(=O)Cc2nnc(NC(=O)c3ccc(C)cc3)s2)ccc1O[C@H](C)c1ccccc1. The molecule has 0 saturated carbocycles. The van der Waals surface area contributed by atoms with Gasteiger partial charge in [0.05, 0.1) is 19.7 Å². The standard InChI is InChI=1S/C28H27N5O4S/c1-18-9-12-22(13-10-18)27(35)30-28-33-32-26(38-28)16-25(34)31-29-17-20-11-14-23(24(15-20)36-3)37-19(2)21-7-5-4-6-8-21/h4-15,17,19H,16H2,1-3H3,(H,31,34)(H,30,33,35)/b29-17-/t19-/m1/s1. The maximum absolute atomic E-state index is 12.3. The molecule has 10 heteroatoms. The van der Waals surface area contributed by atoms with Gasteiger partial charge in [0, 0.05) is 5.56 Å². The van der Waals surface area contributed by atoms with Crippen molar-refractivity contribution in [1.29, 1.82) is 0 Å². The van der Waals surface area contributed by atoms with Crippen LogP contribution in [0.3, 0.4) is 0 Å². The van der Waals surface area contributed by atoms with E-state index in [1.165, 1.54) is 6.21 Å². The molecule has 0 aliphatic rings. The molecule has 0 bridgehead atoms. The quantitative estimate of drug-likeness (QED) is 0.222. The van der Waals surface area contributed by atoms with E-state index in [1.54, 1.807) is 31.4 Å². The molecule has 4 aromatic rings. The fourth-order valence-electron chi connectivity index (χ4n) is 3.45. The smallest absolute Gasteiger partial charge is 0.257 e. The van der Waals surface area contributed by atoms with Crippen LogP contribution in [0.15, 0.2) is 77.9 Å². The number of hydrogen-bond acceptors (Lipinski definition) is 8. The zero-order valence-electron chi connectivity index (χ0n) is 21.2. The second kappa shape index (κ2) is 12.6. The molecule has 0 spiro atoms. The predicted molar refractivity (Wildman–Crippen MR) is 147 cm³/mol. The third-order valence-electron chi connectivity index (χ3n) is 5.48. The summed E-state index contributed by atoms with van der Waals surface area (Å²) in [4.78, 5) is 24.6. The van der Waals surface area contributed by atoms with Gasteiger partial charge >= 0.3 is 0 Å². The first-order valence-corrected chi connectivity index (χ1v) is 12.6. The molecule has 0 fully saturated rings. The highest BCUT2D eigenvalue weighted by atomic mass is 32.1. The predicted octanol–water partition coefficient (Wildman–Crippen LogP) is 4.94. The zero-order chi connectivity index (χ0) is 26.9. The molecule has 1 heterocycles. The van der Waals surface area contributed by atoms with E-state index < -0.39 is 0 Å². The van der Waals surface area contributed by atoms with Gasteiger partial charge in [-0.1, -0.05) is 59.4 Å². The summed E-state index contributed by atoms with van der Waals surface area (Å²) in [5, 5.41) is 15.4. The molecule has 194 valence electrons. The van der Waals surface area contributed by atoms with Crippen molar-refractivity contribution in [3.63, 3.8) is 0 Å². The summed E-state index contributed by atoms with van der Waals surface area (Å²) in [6.07, 6.45) is 1.34.